The molecule has 0 amide bonds. The number of hydrogen-bond donors (Lipinski definition) is 0. The summed E-state index contributed by atoms with van der Waals surface area (Å²) in [6.07, 6.45) is 1.62. The molecule has 0 atom stereocenters. The van der Waals surface area contributed by atoms with E-state index in [-0.39, 0.29) is 17.2 Å². The van der Waals surface area contributed by atoms with Crippen molar-refractivity contribution in [1.82, 2.24) is 14.6 Å². The topological polar surface area (TPSA) is 60.4 Å². The number of nitrogens with zero attached hydrogens (tertiary/aromatic N) is 3. The fourth-order valence-corrected chi connectivity index (χ4v) is 3.77. The van der Waals surface area contributed by atoms with Gasteiger partial charge in [-0.2, -0.15) is 9.50 Å². The molecule has 3 heterocycles. The highest BCUT2D eigenvalue weighted by molar-refractivity contribution is 7.15. The van der Waals surface area contributed by atoms with Crippen molar-refractivity contribution in [1.29, 1.82) is 0 Å². The minimum atomic E-state index is -0.352. The highest BCUT2D eigenvalue weighted by atomic mass is 32.1. The van der Waals surface area contributed by atoms with Gasteiger partial charge in [-0.25, -0.2) is 8.78 Å². The van der Waals surface area contributed by atoms with Gasteiger partial charge in [-0.05, 0) is 60.7 Å². The second kappa shape index (κ2) is 6.75. The molecule has 5 rings (SSSR count). The van der Waals surface area contributed by atoms with Gasteiger partial charge < -0.3 is 4.42 Å². The third kappa shape index (κ3) is 3.23. The first-order valence-electron chi connectivity index (χ1n) is 8.60. The third-order valence-electron chi connectivity index (χ3n) is 4.31. The fraction of sp³-hybridized carbons (Fsp3) is 0. The van der Waals surface area contributed by atoms with Gasteiger partial charge in [0.25, 0.3) is 5.56 Å². The van der Waals surface area contributed by atoms with Gasteiger partial charge in [0.05, 0.1) is 0 Å². The van der Waals surface area contributed by atoms with Crippen molar-refractivity contribution in [2.75, 3.05) is 0 Å². The average Bonchev–Trinajstić information content (AvgIpc) is 3.41. The van der Waals surface area contributed by atoms with Gasteiger partial charge in [0.15, 0.2) is 5.82 Å². The van der Waals surface area contributed by atoms with Crippen molar-refractivity contribution in [2.45, 2.75) is 0 Å². The maximum atomic E-state index is 13.1. The van der Waals surface area contributed by atoms with Crippen molar-refractivity contribution >= 4 is 22.4 Å². The Morgan fingerprint density at radius 1 is 0.897 bits per heavy atom. The van der Waals surface area contributed by atoms with E-state index in [1.54, 1.807) is 42.5 Å². The molecule has 0 saturated heterocycles. The van der Waals surface area contributed by atoms with Crippen molar-refractivity contribution in [3.05, 3.63) is 92.9 Å². The Morgan fingerprint density at radius 3 is 2.21 bits per heavy atom. The number of hydrogen-bond acceptors (Lipinski definition) is 5. The van der Waals surface area contributed by atoms with Crippen LogP contribution in [0.25, 0.3) is 33.7 Å². The predicted octanol–water partition coefficient (Wildman–Crippen LogP) is 3.90. The Bertz CT molecular complexity index is 1430. The lowest BCUT2D eigenvalue weighted by atomic mass is 10.2. The zero-order valence-corrected chi connectivity index (χ0v) is 15.5. The van der Waals surface area contributed by atoms with E-state index in [0.29, 0.717) is 32.4 Å². The zero-order chi connectivity index (χ0) is 20.0. The van der Waals surface area contributed by atoms with Crippen LogP contribution in [0, 0.1) is 11.6 Å². The zero-order valence-electron chi connectivity index (χ0n) is 14.7. The summed E-state index contributed by atoms with van der Waals surface area (Å²) in [5.41, 5.74) is 1.05. The van der Waals surface area contributed by atoms with Crippen LogP contribution in [0.2, 0.25) is 0 Å². The summed E-state index contributed by atoms with van der Waals surface area (Å²) in [6, 6.07) is 15.2. The van der Waals surface area contributed by atoms with Crippen LogP contribution in [0.3, 0.4) is 0 Å². The van der Waals surface area contributed by atoms with E-state index in [0.717, 1.165) is 5.56 Å². The number of rotatable bonds is 3. The summed E-state index contributed by atoms with van der Waals surface area (Å²) >= 11 is 1.18. The fourth-order valence-electron chi connectivity index (χ4n) is 2.88. The number of halogens is 2. The molecule has 0 fully saturated rings. The Hall–Kier alpha value is -3.65. The molecule has 0 N–H and O–H groups in total. The summed E-state index contributed by atoms with van der Waals surface area (Å²) in [5.74, 6) is 0.745. The molecule has 0 unspecified atom stereocenters. The number of benzene rings is 2. The molecule has 5 aromatic rings. The standard InChI is InChI=1S/C21H11F2N3O2S/c22-14-5-1-12(2-6-14)17-10-9-16(28-17)11-18-20(27)26-21(29-18)24-19(25-26)13-3-7-15(23)8-4-13/h1-11H. The smallest absolute Gasteiger partial charge is 0.291 e. The van der Waals surface area contributed by atoms with E-state index in [1.807, 2.05) is 0 Å². The van der Waals surface area contributed by atoms with Crippen molar-refractivity contribution in [2.24, 2.45) is 0 Å². The molecule has 0 spiro atoms. The van der Waals surface area contributed by atoms with Gasteiger partial charge in [-0.3, -0.25) is 4.79 Å². The van der Waals surface area contributed by atoms with Crippen LogP contribution in [-0.2, 0) is 0 Å². The van der Waals surface area contributed by atoms with Gasteiger partial charge in [-0.15, -0.1) is 5.10 Å². The lowest BCUT2D eigenvalue weighted by Gasteiger charge is -1.95. The number of fused-ring (bicyclic) bond motifs is 1. The lowest BCUT2D eigenvalue weighted by molar-refractivity contribution is 0.571. The second-order valence-corrected chi connectivity index (χ2v) is 7.27. The summed E-state index contributed by atoms with van der Waals surface area (Å²) in [6.45, 7) is 0. The molecule has 8 heteroatoms. The van der Waals surface area contributed by atoms with E-state index >= 15 is 0 Å². The van der Waals surface area contributed by atoms with Crippen LogP contribution in [0.5, 0.6) is 0 Å². The van der Waals surface area contributed by atoms with Gasteiger partial charge in [0, 0.05) is 17.2 Å². The molecule has 3 aromatic heterocycles. The molecule has 0 bridgehead atoms. The van der Waals surface area contributed by atoms with Gasteiger partial charge in [0.2, 0.25) is 4.96 Å². The summed E-state index contributed by atoms with van der Waals surface area (Å²) in [7, 11) is 0. The average molecular weight is 407 g/mol. The van der Waals surface area contributed by atoms with E-state index in [2.05, 4.69) is 10.1 Å². The maximum absolute atomic E-state index is 13.1. The first kappa shape index (κ1) is 17.4. The van der Waals surface area contributed by atoms with Crippen molar-refractivity contribution in [3.8, 4) is 22.7 Å². The largest absolute Gasteiger partial charge is 0.457 e. The van der Waals surface area contributed by atoms with Crippen LogP contribution >= 0.6 is 11.3 Å². The van der Waals surface area contributed by atoms with E-state index in [1.165, 1.54) is 40.1 Å². The molecule has 29 heavy (non-hydrogen) atoms. The van der Waals surface area contributed by atoms with E-state index < -0.39 is 0 Å². The lowest BCUT2D eigenvalue weighted by Crippen LogP contribution is -2.23. The van der Waals surface area contributed by atoms with E-state index in [4.69, 9.17) is 4.42 Å². The molecule has 2 aromatic carbocycles. The summed E-state index contributed by atoms with van der Waals surface area (Å²) < 4.78 is 33.5. The van der Waals surface area contributed by atoms with Crippen LogP contribution < -0.4 is 10.1 Å². The van der Waals surface area contributed by atoms with E-state index in [9.17, 15) is 13.6 Å². The van der Waals surface area contributed by atoms with Gasteiger partial charge in [0.1, 0.15) is 27.7 Å². The first-order valence-corrected chi connectivity index (χ1v) is 9.41. The van der Waals surface area contributed by atoms with Crippen LogP contribution in [0.4, 0.5) is 8.78 Å². The maximum Gasteiger partial charge on any atom is 0.291 e. The molecule has 0 radical (unpaired) electrons. The minimum Gasteiger partial charge on any atom is -0.457 e. The SMILES string of the molecule is O=c1c(=Cc2ccc(-c3ccc(F)cc3)o2)sc2nc(-c3ccc(F)cc3)nn12. The number of aromatic nitrogens is 3. The molecule has 0 aliphatic carbocycles. The van der Waals surface area contributed by atoms with Crippen molar-refractivity contribution < 1.29 is 13.2 Å². The Labute approximate surface area is 166 Å². The second-order valence-electron chi connectivity index (χ2n) is 6.26. The number of furan rings is 1. The van der Waals surface area contributed by atoms with Gasteiger partial charge >= 0.3 is 0 Å². The first-order chi connectivity index (χ1) is 14.1. The number of thiazole rings is 1. The molecule has 5 nitrogen and oxygen atoms in total. The normalized spacial score (nSPS) is 12.1. The molecular weight excluding hydrogens is 396 g/mol. The van der Waals surface area contributed by atoms with Crippen LogP contribution in [0.1, 0.15) is 5.76 Å². The van der Waals surface area contributed by atoms with Gasteiger partial charge in [-0.1, -0.05) is 11.3 Å². The monoisotopic (exact) mass is 407 g/mol. The molecule has 142 valence electrons. The Kier molecular flexibility index (Phi) is 4.06. The van der Waals surface area contributed by atoms with Crippen LogP contribution in [0.15, 0.2) is 69.9 Å². The summed E-state index contributed by atoms with van der Waals surface area (Å²) in [5, 5.41) is 4.23. The predicted molar refractivity (Wildman–Crippen MR) is 105 cm³/mol. The summed E-state index contributed by atoms with van der Waals surface area (Å²) in [4.78, 5) is 17.4. The van der Waals surface area contributed by atoms with Crippen LogP contribution in [-0.4, -0.2) is 14.6 Å². The molecule has 0 aliphatic rings. The highest BCUT2D eigenvalue weighted by Gasteiger charge is 2.12. The molecule has 0 aliphatic heterocycles. The molecular formula is C21H11F2N3O2S. The minimum absolute atomic E-state index is 0.314. The third-order valence-corrected chi connectivity index (χ3v) is 5.27. The molecule has 0 saturated carbocycles. The highest BCUT2D eigenvalue weighted by Crippen LogP contribution is 2.23. The Balaban J connectivity index is 1.51. The Morgan fingerprint density at radius 2 is 1.55 bits per heavy atom. The quantitative estimate of drug-likeness (QED) is 0.455. The van der Waals surface area contributed by atoms with Crippen molar-refractivity contribution in [3.63, 3.8) is 0 Å².